The van der Waals surface area contributed by atoms with E-state index in [1.54, 1.807) is 0 Å². The molecule has 0 heterocycles. The third kappa shape index (κ3) is 7.22. The topological polar surface area (TPSA) is 56.7 Å². The van der Waals surface area contributed by atoms with Crippen LogP contribution in [0.5, 0.6) is 0 Å². The first-order valence-corrected chi connectivity index (χ1v) is 10.9. The zero-order valence-electron chi connectivity index (χ0n) is 16.2. The molecule has 3 N–H and O–H groups in total. The van der Waals surface area contributed by atoms with Gasteiger partial charge in [-0.1, -0.05) is 27.2 Å². The van der Waals surface area contributed by atoms with Gasteiger partial charge in [0, 0.05) is 31.0 Å². The van der Waals surface area contributed by atoms with Crippen molar-refractivity contribution in [3.63, 3.8) is 0 Å². The molecule has 0 bridgehead atoms. The van der Waals surface area contributed by atoms with Gasteiger partial charge in [-0.2, -0.15) is 11.8 Å². The molecule has 5 heteroatoms. The van der Waals surface area contributed by atoms with E-state index in [9.17, 15) is 5.11 Å². The number of hydrogen-bond donors (Lipinski definition) is 3. The lowest BCUT2D eigenvalue weighted by molar-refractivity contribution is 0.175. The van der Waals surface area contributed by atoms with Crippen molar-refractivity contribution in [3.05, 3.63) is 0 Å². The Hall–Kier alpha value is -0.420. The molecule has 1 aliphatic carbocycles. The largest absolute Gasteiger partial charge is 0.396 e. The minimum Gasteiger partial charge on any atom is -0.396 e. The van der Waals surface area contributed by atoms with Crippen LogP contribution in [0.4, 0.5) is 0 Å². The van der Waals surface area contributed by atoms with Gasteiger partial charge >= 0.3 is 0 Å². The van der Waals surface area contributed by atoms with Crippen LogP contribution in [0.25, 0.3) is 0 Å². The second-order valence-corrected chi connectivity index (χ2v) is 8.54. The average Bonchev–Trinajstić information content (AvgIpc) is 2.59. The van der Waals surface area contributed by atoms with Crippen LogP contribution in [-0.2, 0) is 0 Å². The van der Waals surface area contributed by atoms with E-state index >= 15 is 0 Å². The van der Waals surface area contributed by atoms with E-state index in [-0.39, 0.29) is 12.0 Å². The standard InChI is InChI=1S/C19H39N3OS/c1-5-19(6-2,12-13-23)15-21-18(20-7-3)22-16-10-9-11-17(14-16)24-8-4/h16-17,23H,5-15H2,1-4H3,(H2,20,21,22). The molecule has 0 aromatic heterocycles. The van der Waals surface area contributed by atoms with Crippen molar-refractivity contribution in [1.29, 1.82) is 0 Å². The Morgan fingerprint density at radius 3 is 2.54 bits per heavy atom. The van der Waals surface area contributed by atoms with E-state index in [4.69, 9.17) is 4.99 Å². The van der Waals surface area contributed by atoms with Crippen LogP contribution >= 0.6 is 11.8 Å². The van der Waals surface area contributed by atoms with Gasteiger partial charge < -0.3 is 15.7 Å². The van der Waals surface area contributed by atoms with Crippen molar-refractivity contribution in [3.8, 4) is 0 Å². The van der Waals surface area contributed by atoms with Crippen LogP contribution in [-0.4, -0.2) is 47.8 Å². The molecule has 1 aliphatic rings. The molecule has 2 unspecified atom stereocenters. The molecule has 4 nitrogen and oxygen atoms in total. The second kappa shape index (κ2) is 12.0. The van der Waals surface area contributed by atoms with Gasteiger partial charge in [-0.25, -0.2) is 0 Å². The number of aliphatic hydroxyl groups is 1. The normalized spacial score (nSPS) is 22.5. The summed E-state index contributed by atoms with van der Waals surface area (Å²) in [5.41, 5.74) is 0.129. The Morgan fingerprint density at radius 2 is 1.96 bits per heavy atom. The summed E-state index contributed by atoms with van der Waals surface area (Å²) >= 11 is 2.10. The number of thioether (sulfide) groups is 1. The van der Waals surface area contributed by atoms with Gasteiger partial charge in [0.15, 0.2) is 5.96 Å². The van der Waals surface area contributed by atoms with Crippen LogP contribution in [0.1, 0.15) is 72.6 Å². The van der Waals surface area contributed by atoms with Crippen molar-refractivity contribution < 1.29 is 5.11 Å². The van der Waals surface area contributed by atoms with Gasteiger partial charge in [0.25, 0.3) is 0 Å². The Labute approximate surface area is 153 Å². The van der Waals surface area contributed by atoms with Crippen molar-refractivity contribution in [1.82, 2.24) is 10.6 Å². The van der Waals surface area contributed by atoms with E-state index in [2.05, 4.69) is 50.1 Å². The van der Waals surface area contributed by atoms with E-state index in [1.165, 1.54) is 31.4 Å². The summed E-state index contributed by atoms with van der Waals surface area (Å²) in [6.45, 7) is 10.7. The van der Waals surface area contributed by atoms with E-state index in [0.717, 1.165) is 43.6 Å². The fourth-order valence-electron chi connectivity index (χ4n) is 3.57. The summed E-state index contributed by atoms with van der Waals surface area (Å²) in [5, 5.41) is 17.3. The Morgan fingerprint density at radius 1 is 1.21 bits per heavy atom. The van der Waals surface area contributed by atoms with Gasteiger partial charge in [0.1, 0.15) is 0 Å². The zero-order chi connectivity index (χ0) is 17.8. The summed E-state index contributed by atoms with van der Waals surface area (Å²) in [6.07, 6.45) is 8.11. The SMILES string of the molecule is CCNC(=NCC(CC)(CC)CCO)NC1CCCC(SCC)C1. The molecule has 0 aromatic rings. The highest BCUT2D eigenvalue weighted by atomic mass is 32.2. The lowest BCUT2D eigenvalue weighted by Crippen LogP contribution is -2.46. The Kier molecular flexibility index (Phi) is 10.8. The van der Waals surface area contributed by atoms with E-state index < -0.39 is 0 Å². The third-order valence-corrected chi connectivity index (χ3v) is 6.66. The van der Waals surface area contributed by atoms with Crippen molar-refractivity contribution in [2.24, 2.45) is 10.4 Å². The number of nitrogens with one attached hydrogen (secondary N) is 2. The molecular weight excluding hydrogens is 318 g/mol. The first-order valence-electron chi connectivity index (χ1n) is 9.90. The summed E-state index contributed by atoms with van der Waals surface area (Å²) in [4.78, 5) is 4.89. The lowest BCUT2D eigenvalue weighted by atomic mass is 9.79. The monoisotopic (exact) mass is 357 g/mol. The molecule has 1 fully saturated rings. The second-order valence-electron chi connectivity index (χ2n) is 6.96. The molecule has 142 valence electrons. The fraction of sp³-hybridized carbons (Fsp3) is 0.947. The molecule has 1 rings (SSSR count). The summed E-state index contributed by atoms with van der Waals surface area (Å²) in [7, 11) is 0. The summed E-state index contributed by atoms with van der Waals surface area (Å²) in [6, 6.07) is 0.538. The number of hydrogen-bond acceptors (Lipinski definition) is 3. The predicted molar refractivity (Wildman–Crippen MR) is 108 cm³/mol. The maximum absolute atomic E-state index is 9.39. The van der Waals surface area contributed by atoms with Crippen LogP contribution in [0.3, 0.4) is 0 Å². The average molecular weight is 358 g/mol. The molecule has 0 spiro atoms. The molecule has 1 saturated carbocycles. The first kappa shape index (κ1) is 21.6. The maximum atomic E-state index is 9.39. The van der Waals surface area contributed by atoms with E-state index in [1.807, 2.05) is 0 Å². The third-order valence-electron chi connectivity index (χ3n) is 5.43. The summed E-state index contributed by atoms with van der Waals surface area (Å²) < 4.78 is 0. The van der Waals surface area contributed by atoms with Crippen molar-refractivity contribution >= 4 is 17.7 Å². The highest BCUT2D eigenvalue weighted by Gasteiger charge is 2.26. The van der Waals surface area contributed by atoms with Crippen molar-refractivity contribution in [2.45, 2.75) is 83.9 Å². The van der Waals surface area contributed by atoms with Gasteiger partial charge in [-0.3, -0.25) is 4.99 Å². The van der Waals surface area contributed by atoms with E-state index in [0.29, 0.717) is 6.04 Å². The fourth-order valence-corrected chi connectivity index (χ4v) is 4.74. The van der Waals surface area contributed by atoms with Gasteiger partial charge in [-0.05, 0) is 56.6 Å². The molecule has 0 saturated heterocycles. The molecule has 0 aromatic carbocycles. The van der Waals surface area contributed by atoms with Gasteiger partial charge in [-0.15, -0.1) is 0 Å². The number of aliphatic imine (C=N–C) groups is 1. The number of nitrogens with zero attached hydrogens (tertiary/aromatic N) is 1. The van der Waals surface area contributed by atoms with Gasteiger partial charge in [0.05, 0.1) is 0 Å². The molecule has 0 amide bonds. The number of guanidine groups is 1. The molecule has 0 radical (unpaired) electrons. The Bertz CT molecular complexity index is 357. The first-order chi connectivity index (χ1) is 11.6. The van der Waals surface area contributed by atoms with Crippen LogP contribution < -0.4 is 10.6 Å². The quantitative estimate of drug-likeness (QED) is 0.411. The molecule has 0 aliphatic heterocycles. The zero-order valence-corrected chi connectivity index (χ0v) is 17.1. The number of aliphatic hydroxyl groups excluding tert-OH is 1. The highest BCUT2D eigenvalue weighted by molar-refractivity contribution is 7.99. The smallest absolute Gasteiger partial charge is 0.191 e. The minimum atomic E-state index is 0.129. The Balaban J connectivity index is 2.67. The van der Waals surface area contributed by atoms with Crippen LogP contribution in [0.2, 0.25) is 0 Å². The molecule has 24 heavy (non-hydrogen) atoms. The van der Waals surface area contributed by atoms with Crippen LogP contribution in [0, 0.1) is 5.41 Å². The predicted octanol–water partition coefficient (Wildman–Crippen LogP) is 3.79. The minimum absolute atomic E-state index is 0.129. The molecule has 2 atom stereocenters. The highest BCUT2D eigenvalue weighted by Crippen LogP contribution is 2.31. The lowest BCUT2D eigenvalue weighted by Gasteiger charge is -2.32. The van der Waals surface area contributed by atoms with Crippen LogP contribution in [0.15, 0.2) is 4.99 Å². The van der Waals surface area contributed by atoms with Crippen molar-refractivity contribution in [2.75, 3.05) is 25.4 Å². The van der Waals surface area contributed by atoms with Gasteiger partial charge in [0.2, 0.25) is 0 Å². The maximum Gasteiger partial charge on any atom is 0.191 e. The summed E-state index contributed by atoms with van der Waals surface area (Å²) in [5.74, 6) is 2.16. The number of rotatable bonds is 10. The molecular formula is C19H39N3OS.